The maximum atomic E-state index is 13.2. The average Bonchev–Trinajstić information content (AvgIpc) is 3.37. The molecule has 2 N–H and O–H groups in total. The Kier molecular flexibility index (Phi) is 7.82. The van der Waals surface area contributed by atoms with Crippen LogP contribution in [0.2, 0.25) is 0 Å². The minimum absolute atomic E-state index is 0.0737. The second kappa shape index (κ2) is 11.0. The van der Waals surface area contributed by atoms with E-state index in [1.54, 1.807) is 12.1 Å². The first-order valence-electron chi connectivity index (χ1n) is 10.8. The van der Waals surface area contributed by atoms with E-state index in [9.17, 15) is 13.2 Å². The lowest BCUT2D eigenvalue weighted by atomic mass is 10.1. The molecule has 0 spiro atoms. The number of ether oxygens (including phenoxy) is 1. The third-order valence-corrected chi connectivity index (χ3v) is 8.00. The number of amides is 1. The molecule has 1 saturated heterocycles. The van der Waals surface area contributed by atoms with Crippen LogP contribution in [-0.2, 0) is 19.6 Å². The van der Waals surface area contributed by atoms with Gasteiger partial charge in [0.2, 0.25) is 15.9 Å². The second-order valence-corrected chi connectivity index (χ2v) is 10.7. The number of rotatable bonds is 9. The molecule has 0 radical (unpaired) electrons. The Labute approximate surface area is 198 Å². The Morgan fingerprint density at radius 2 is 1.64 bits per heavy atom. The highest BCUT2D eigenvalue weighted by Gasteiger charge is 2.23. The Hall–Kier alpha value is -2.65. The standard InChI is InChI=1S/C25H26N2O4S2/c28-25(24(19-8-3-1-4-9-19)32-22-11-5-2-6-12-22)27-20-13-15-23(16-14-20)33(29,30)26-18-21-10-7-17-31-21/h1-6,8-9,11-16,21,24,26H,7,10,17-18H2,(H,27,28)/t21-,24+/m0/s1. The number of benzene rings is 3. The van der Waals surface area contributed by atoms with Gasteiger partial charge in [0.15, 0.2) is 0 Å². The summed E-state index contributed by atoms with van der Waals surface area (Å²) >= 11 is 1.47. The molecule has 8 heteroatoms. The maximum Gasteiger partial charge on any atom is 0.242 e. The van der Waals surface area contributed by atoms with Gasteiger partial charge in [0.25, 0.3) is 0 Å². The number of sulfonamides is 1. The van der Waals surface area contributed by atoms with Gasteiger partial charge in [0, 0.05) is 23.7 Å². The quantitative estimate of drug-likeness (QED) is 0.435. The van der Waals surface area contributed by atoms with Crippen LogP contribution in [-0.4, -0.2) is 33.6 Å². The molecule has 4 rings (SSSR count). The van der Waals surface area contributed by atoms with Crippen LogP contribution >= 0.6 is 11.8 Å². The van der Waals surface area contributed by atoms with Crippen LogP contribution in [0.25, 0.3) is 0 Å². The van der Waals surface area contributed by atoms with Gasteiger partial charge in [0.05, 0.1) is 11.0 Å². The highest BCUT2D eigenvalue weighted by atomic mass is 32.2. The van der Waals surface area contributed by atoms with Crippen LogP contribution in [0, 0.1) is 0 Å². The molecule has 0 saturated carbocycles. The van der Waals surface area contributed by atoms with E-state index in [1.807, 2.05) is 60.7 Å². The van der Waals surface area contributed by atoms with Crippen LogP contribution < -0.4 is 10.0 Å². The first-order valence-corrected chi connectivity index (χ1v) is 13.2. The molecular formula is C25H26N2O4S2. The summed E-state index contributed by atoms with van der Waals surface area (Å²) < 4.78 is 33.2. The predicted octanol–water partition coefficient (Wildman–Crippen LogP) is 4.62. The first-order chi connectivity index (χ1) is 16.0. The molecule has 3 aromatic carbocycles. The molecule has 33 heavy (non-hydrogen) atoms. The van der Waals surface area contributed by atoms with Crippen molar-refractivity contribution in [2.45, 2.75) is 34.0 Å². The van der Waals surface area contributed by atoms with Crippen molar-refractivity contribution < 1.29 is 17.9 Å². The zero-order chi connectivity index (χ0) is 23.1. The molecule has 2 atom stereocenters. The normalized spacial score (nSPS) is 16.9. The van der Waals surface area contributed by atoms with Gasteiger partial charge in [-0.2, -0.15) is 0 Å². The van der Waals surface area contributed by atoms with Crippen molar-refractivity contribution in [3.8, 4) is 0 Å². The van der Waals surface area contributed by atoms with Crippen LogP contribution in [0.5, 0.6) is 0 Å². The summed E-state index contributed by atoms with van der Waals surface area (Å²) in [4.78, 5) is 14.3. The van der Waals surface area contributed by atoms with Gasteiger partial charge < -0.3 is 10.1 Å². The van der Waals surface area contributed by atoms with Crippen molar-refractivity contribution in [1.29, 1.82) is 0 Å². The fourth-order valence-electron chi connectivity index (χ4n) is 3.55. The third-order valence-electron chi connectivity index (χ3n) is 5.29. The lowest BCUT2D eigenvalue weighted by molar-refractivity contribution is -0.115. The van der Waals surface area contributed by atoms with Gasteiger partial charge in [-0.1, -0.05) is 48.5 Å². The van der Waals surface area contributed by atoms with Gasteiger partial charge in [-0.25, -0.2) is 13.1 Å². The molecule has 6 nitrogen and oxygen atoms in total. The lowest BCUT2D eigenvalue weighted by Crippen LogP contribution is -2.31. The van der Waals surface area contributed by atoms with E-state index in [0.717, 1.165) is 23.3 Å². The number of hydrogen-bond acceptors (Lipinski definition) is 5. The molecule has 1 fully saturated rings. The van der Waals surface area contributed by atoms with Crippen molar-refractivity contribution in [3.63, 3.8) is 0 Å². The summed E-state index contributed by atoms with van der Waals surface area (Å²) in [6.45, 7) is 0.934. The van der Waals surface area contributed by atoms with Crippen molar-refractivity contribution in [1.82, 2.24) is 4.72 Å². The minimum Gasteiger partial charge on any atom is -0.377 e. The number of carbonyl (C=O) groups excluding carboxylic acids is 1. The molecular weight excluding hydrogens is 456 g/mol. The zero-order valence-corrected chi connectivity index (χ0v) is 19.6. The second-order valence-electron chi connectivity index (χ2n) is 7.72. The van der Waals surface area contributed by atoms with E-state index in [1.165, 1.54) is 23.9 Å². The van der Waals surface area contributed by atoms with Gasteiger partial charge in [-0.3, -0.25) is 4.79 Å². The van der Waals surface area contributed by atoms with E-state index in [-0.39, 0.29) is 23.5 Å². The average molecular weight is 483 g/mol. The number of hydrogen-bond donors (Lipinski definition) is 2. The maximum absolute atomic E-state index is 13.2. The minimum atomic E-state index is -3.64. The number of carbonyl (C=O) groups is 1. The molecule has 1 amide bonds. The molecule has 0 bridgehead atoms. The van der Waals surface area contributed by atoms with Crippen LogP contribution in [0.1, 0.15) is 23.7 Å². The molecule has 1 aliphatic heterocycles. The van der Waals surface area contributed by atoms with Crippen LogP contribution in [0.15, 0.2) is 94.7 Å². The zero-order valence-electron chi connectivity index (χ0n) is 18.0. The monoisotopic (exact) mass is 482 g/mol. The van der Waals surface area contributed by atoms with Gasteiger partial charge in [-0.05, 0) is 54.8 Å². The summed E-state index contributed by atoms with van der Waals surface area (Å²) in [5.41, 5.74) is 1.43. The highest BCUT2D eigenvalue weighted by Crippen LogP contribution is 2.36. The Bertz CT molecular complexity index is 1150. The smallest absolute Gasteiger partial charge is 0.242 e. The van der Waals surface area contributed by atoms with Gasteiger partial charge in [-0.15, -0.1) is 11.8 Å². The predicted molar refractivity (Wildman–Crippen MR) is 131 cm³/mol. The van der Waals surface area contributed by atoms with E-state index in [4.69, 9.17) is 4.74 Å². The topological polar surface area (TPSA) is 84.5 Å². The summed E-state index contributed by atoms with van der Waals surface area (Å²) in [6, 6.07) is 25.5. The van der Waals surface area contributed by atoms with Gasteiger partial charge in [0.1, 0.15) is 5.25 Å². The summed E-state index contributed by atoms with van der Waals surface area (Å²) in [5.74, 6) is -0.179. The SMILES string of the molecule is O=C(Nc1ccc(S(=O)(=O)NC[C@@H]2CCCO2)cc1)[C@H](Sc1ccccc1)c1ccccc1. The molecule has 172 valence electrons. The number of anilines is 1. The fourth-order valence-corrected chi connectivity index (χ4v) is 5.66. The summed E-state index contributed by atoms with van der Waals surface area (Å²) in [6.07, 6.45) is 1.74. The van der Waals surface area contributed by atoms with E-state index >= 15 is 0 Å². The number of thioether (sulfide) groups is 1. The van der Waals surface area contributed by atoms with Crippen molar-refractivity contribution >= 4 is 33.4 Å². The molecule has 0 aliphatic carbocycles. The molecule has 3 aromatic rings. The third kappa shape index (κ3) is 6.45. The van der Waals surface area contributed by atoms with E-state index in [2.05, 4.69) is 10.0 Å². The molecule has 0 aromatic heterocycles. The first kappa shape index (κ1) is 23.5. The highest BCUT2D eigenvalue weighted by molar-refractivity contribution is 8.00. The Balaban J connectivity index is 1.44. The number of nitrogens with one attached hydrogen (secondary N) is 2. The molecule has 0 unspecified atom stereocenters. The molecule has 1 aliphatic rings. The van der Waals surface area contributed by atoms with Crippen molar-refractivity contribution in [2.75, 3.05) is 18.5 Å². The van der Waals surface area contributed by atoms with E-state index in [0.29, 0.717) is 12.3 Å². The largest absolute Gasteiger partial charge is 0.377 e. The molecule has 1 heterocycles. The Morgan fingerprint density at radius 1 is 0.970 bits per heavy atom. The lowest BCUT2D eigenvalue weighted by Gasteiger charge is -2.17. The van der Waals surface area contributed by atoms with Crippen LogP contribution in [0.4, 0.5) is 5.69 Å². The van der Waals surface area contributed by atoms with Crippen molar-refractivity contribution in [2.24, 2.45) is 0 Å². The van der Waals surface area contributed by atoms with Crippen LogP contribution in [0.3, 0.4) is 0 Å². The van der Waals surface area contributed by atoms with E-state index < -0.39 is 15.3 Å². The summed E-state index contributed by atoms with van der Waals surface area (Å²) in [5, 5.41) is 2.47. The summed E-state index contributed by atoms with van der Waals surface area (Å²) in [7, 11) is -3.64. The fraction of sp³-hybridized carbons (Fsp3) is 0.240. The Morgan fingerprint density at radius 3 is 2.27 bits per heavy atom. The van der Waals surface area contributed by atoms with Crippen molar-refractivity contribution in [3.05, 3.63) is 90.5 Å². The van der Waals surface area contributed by atoms with Gasteiger partial charge >= 0.3 is 0 Å².